The molecule has 0 aromatic heterocycles. The van der Waals surface area contributed by atoms with Crippen molar-refractivity contribution in [2.45, 2.75) is 46.0 Å². The number of hydrogen-bond donors (Lipinski definition) is 0. The fourth-order valence-corrected chi connectivity index (χ4v) is 1.83. The number of benzene rings is 1. The Balaban J connectivity index is 2.69. The van der Waals surface area contributed by atoms with Gasteiger partial charge in [-0.1, -0.05) is 32.8 Å². The van der Waals surface area contributed by atoms with Crippen molar-refractivity contribution >= 4 is 5.78 Å². The van der Waals surface area contributed by atoms with Gasteiger partial charge >= 0.3 is 0 Å². The molecule has 3 heteroatoms. The number of ketones is 1. The summed E-state index contributed by atoms with van der Waals surface area (Å²) in [6.07, 6.45) is 4.41. The zero-order valence-corrected chi connectivity index (χ0v) is 12.2. The highest BCUT2D eigenvalue weighted by molar-refractivity contribution is 5.80. The summed E-state index contributed by atoms with van der Waals surface area (Å²) >= 11 is 0. The van der Waals surface area contributed by atoms with Crippen molar-refractivity contribution in [3.8, 4) is 11.5 Å². The molecule has 0 bridgehead atoms. The Morgan fingerprint density at radius 3 is 2.58 bits per heavy atom. The van der Waals surface area contributed by atoms with Gasteiger partial charge in [0, 0.05) is 12.8 Å². The molecule has 0 atom stereocenters. The summed E-state index contributed by atoms with van der Waals surface area (Å²) in [7, 11) is 1.63. The van der Waals surface area contributed by atoms with Crippen LogP contribution >= 0.6 is 0 Å². The van der Waals surface area contributed by atoms with Gasteiger partial charge in [-0.25, -0.2) is 0 Å². The van der Waals surface area contributed by atoms with Crippen molar-refractivity contribution < 1.29 is 14.3 Å². The van der Waals surface area contributed by atoms with Crippen LogP contribution in [0.1, 0.15) is 45.1 Å². The van der Waals surface area contributed by atoms with Crippen LogP contribution in [0.3, 0.4) is 0 Å². The van der Waals surface area contributed by atoms with E-state index in [9.17, 15) is 4.79 Å². The van der Waals surface area contributed by atoms with Gasteiger partial charge in [-0.05, 0) is 24.1 Å². The summed E-state index contributed by atoms with van der Waals surface area (Å²) < 4.78 is 11.0. The second-order valence-electron chi connectivity index (χ2n) is 4.61. The van der Waals surface area contributed by atoms with Crippen molar-refractivity contribution in [2.75, 3.05) is 13.7 Å². The number of carbonyl (C=O) groups excluding carboxylic acids is 1. The van der Waals surface area contributed by atoms with E-state index >= 15 is 0 Å². The van der Waals surface area contributed by atoms with Gasteiger partial charge in [0.05, 0.1) is 13.7 Å². The molecule has 0 heterocycles. The Bertz CT molecular complexity index is 399. The number of Topliss-reactive ketones (excluding diaryl/α,β-unsaturated/α-hetero) is 1. The lowest BCUT2D eigenvalue weighted by Gasteiger charge is -2.12. The number of rotatable bonds is 9. The Hall–Kier alpha value is -1.51. The van der Waals surface area contributed by atoms with Gasteiger partial charge in [-0.15, -0.1) is 0 Å². The second-order valence-corrected chi connectivity index (χ2v) is 4.61. The smallest absolute Gasteiger partial charge is 0.161 e. The first-order chi connectivity index (χ1) is 9.21. The predicted octanol–water partition coefficient (Wildman–Crippen LogP) is 3.79. The average molecular weight is 264 g/mol. The standard InChI is InChI=1S/C16H24O3/c1-4-6-7-10-19-16-12-13(11-14(17)5-2)8-9-15(16)18-3/h8-9,12H,4-7,10-11H2,1-3H3. The maximum atomic E-state index is 11.5. The molecule has 0 aliphatic heterocycles. The molecule has 106 valence electrons. The molecule has 0 amide bonds. The molecule has 0 saturated heterocycles. The lowest BCUT2D eigenvalue weighted by atomic mass is 10.1. The summed E-state index contributed by atoms with van der Waals surface area (Å²) in [4.78, 5) is 11.5. The first-order valence-corrected chi connectivity index (χ1v) is 7.02. The van der Waals surface area contributed by atoms with Crippen LogP contribution in [-0.4, -0.2) is 19.5 Å². The first-order valence-electron chi connectivity index (χ1n) is 7.02. The molecule has 0 aliphatic rings. The lowest BCUT2D eigenvalue weighted by molar-refractivity contribution is -0.118. The van der Waals surface area contributed by atoms with Crippen LogP contribution in [0.5, 0.6) is 11.5 Å². The zero-order chi connectivity index (χ0) is 14.1. The summed E-state index contributed by atoms with van der Waals surface area (Å²) in [5.74, 6) is 1.70. The normalized spacial score (nSPS) is 10.3. The van der Waals surface area contributed by atoms with Gasteiger partial charge in [0.25, 0.3) is 0 Å². The molecule has 0 radical (unpaired) electrons. The molecule has 0 fully saturated rings. The quantitative estimate of drug-likeness (QED) is 0.637. The van der Waals surface area contributed by atoms with Crippen molar-refractivity contribution in [3.05, 3.63) is 23.8 Å². The fourth-order valence-electron chi connectivity index (χ4n) is 1.83. The van der Waals surface area contributed by atoms with E-state index in [0.29, 0.717) is 19.4 Å². The molecular weight excluding hydrogens is 240 g/mol. The Morgan fingerprint density at radius 2 is 1.95 bits per heavy atom. The summed E-state index contributed by atoms with van der Waals surface area (Å²) in [5, 5.41) is 0. The maximum Gasteiger partial charge on any atom is 0.161 e. The van der Waals surface area contributed by atoms with E-state index < -0.39 is 0 Å². The molecule has 1 rings (SSSR count). The lowest BCUT2D eigenvalue weighted by Crippen LogP contribution is -2.03. The highest BCUT2D eigenvalue weighted by Gasteiger charge is 2.08. The molecule has 0 saturated carbocycles. The monoisotopic (exact) mass is 264 g/mol. The zero-order valence-electron chi connectivity index (χ0n) is 12.2. The van der Waals surface area contributed by atoms with E-state index in [1.807, 2.05) is 25.1 Å². The van der Waals surface area contributed by atoms with Crippen LogP contribution in [-0.2, 0) is 11.2 Å². The minimum absolute atomic E-state index is 0.238. The molecule has 0 spiro atoms. The minimum atomic E-state index is 0.238. The van der Waals surface area contributed by atoms with Crippen LogP contribution in [0.4, 0.5) is 0 Å². The highest BCUT2D eigenvalue weighted by Crippen LogP contribution is 2.28. The first kappa shape index (κ1) is 15.5. The van der Waals surface area contributed by atoms with Crippen molar-refractivity contribution in [1.29, 1.82) is 0 Å². The number of hydrogen-bond acceptors (Lipinski definition) is 3. The molecule has 19 heavy (non-hydrogen) atoms. The second kappa shape index (κ2) is 8.57. The van der Waals surface area contributed by atoms with E-state index in [4.69, 9.17) is 9.47 Å². The van der Waals surface area contributed by atoms with Gasteiger partial charge in [0.2, 0.25) is 0 Å². The van der Waals surface area contributed by atoms with E-state index in [-0.39, 0.29) is 5.78 Å². The third kappa shape index (κ3) is 5.33. The third-order valence-corrected chi connectivity index (χ3v) is 3.03. The van der Waals surface area contributed by atoms with Gasteiger partial charge in [0.15, 0.2) is 11.5 Å². The van der Waals surface area contributed by atoms with Gasteiger partial charge in [-0.2, -0.15) is 0 Å². The van der Waals surface area contributed by atoms with E-state index in [2.05, 4.69) is 6.92 Å². The van der Waals surface area contributed by atoms with Crippen LogP contribution in [0, 0.1) is 0 Å². The number of ether oxygens (including phenoxy) is 2. The van der Waals surface area contributed by atoms with Gasteiger partial charge in [0.1, 0.15) is 5.78 Å². The minimum Gasteiger partial charge on any atom is -0.493 e. The summed E-state index contributed by atoms with van der Waals surface area (Å²) in [6.45, 7) is 4.74. The largest absolute Gasteiger partial charge is 0.493 e. The maximum absolute atomic E-state index is 11.5. The summed E-state index contributed by atoms with van der Waals surface area (Å²) in [6, 6.07) is 5.71. The molecule has 0 N–H and O–H groups in total. The van der Waals surface area contributed by atoms with Crippen molar-refractivity contribution in [1.82, 2.24) is 0 Å². The molecule has 0 unspecified atom stereocenters. The Morgan fingerprint density at radius 1 is 1.16 bits per heavy atom. The van der Waals surface area contributed by atoms with Crippen LogP contribution in [0.15, 0.2) is 18.2 Å². The van der Waals surface area contributed by atoms with Crippen LogP contribution in [0.25, 0.3) is 0 Å². The van der Waals surface area contributed by atoms with Gasteiger partial charge in [-0.3, -0.25) is 4.79 Å². The SMILES string of the molecule is CCCCCOc1cc(CC(=O)CC)ccc1OC. The number of carbonyl (C=O) groups is 1. The molecule has 1 aromatic rings. The Labute approximate surface area is 115 Å². The molecule has 3 nitrogen and oxygen atoms in total. The van der Waals surface area contributed by atoms with E-state index in [1.165, 1.54) is 6.42 Å². The third-order valence-electron chi connectivity index (χ3n) is 3.03. The Kier molecular flexibility index (Phi) is 7.01. The van der Waals surface area contributed by atoms with Gasteiger partial charge < -0.3 is 9.47 Å². The summed E-state index contributed by atoms with van der Waals surface area (Å²) in [5.41, 5.74) is 0.984. The number of methoxy groups -OCH3 is 1. The highest BCUT2D eigenvalue weighted by atomic mass is 16.5. The van der Waals surface area contributed by atoms with E-state index in [1.54, 1.807) is 7.11 Å². The average Bonchev–Trinajstić information content (AvgIpc) is 2.43. The fraction of sp³-hybridized carbons (Fsp3) is 0.562. The molecular formula is C16H24O3. The van der Waals surface area contributed by atoms with E-state index in [0.717, 1.165) is 29.9 Å². The van der Waals surface area contributed by atoms with Crippen molar-refractivity contribution in [2.24, 2.45) is 0 Å². The number of unbranched alkanes of at least 4 members (excludes halogenated alkanes) is 2. The molecule has 1 aromatic carbocycles. The predicted molar refractivity (Wildman–Crippen MR) is 77.0 cm³/mol. The van der Waals surface area contributed by atoms with Crippen LogP contribution < -0.4 is 9.47 Å². The topological polar surface area (TPSA) is 35.5 Å². The molecule has 0 aliphatic carbocycles. The van der Waals surface area contributed by atoms with Crippen LogP contribution in [0.2, 0.25) is 0 Å². The van der Waals surface area contributed by atoms with Crippen molar-refractivity contribution in [3.63, 3.8) is 0 Å².